The average molecular weight is 329 g/mol. The third-order valence-corrected chi connectivity index (χ3v) is 3.91. The van der Waals surface area contributed by atoms with E-state index in [4.69, 9.17) is 16.7 Å². The number of hydrogen-bond donors (Lipinski definition) is 2. The molecule has 0 heterocycles. The lowest BCUT2D eigenvalue weighted by molar-refractivity contribution is 0.597. The highest BCUT2D eigenvalue weighted by Gasteiger charge is 2.05. The molecule has 0 saturated heterocycles. The largest absolute Gasteiger partial charge is 0.381 e. The summed E-state index contributed by atoms with van der Waals surface area (Å²) in [5.41, 5.74) is 2.18. The Labute approximate surface area is 127 Å². The lowest BCUT2D eigenvalue weighted by Gasteiger charge is -2.09. The van der Waals surface area contributed by atoms with Gasteiger partial charge in [-0.05, 0) is 35.4 Å². The van der Waals surface area contributed by atoms with Crippen LogP contribution < -0.4 is 10.5 Å². The molecule has 0 saturated carbocycles. The smallest absolute Gasteiger partial charge is 0.213 e. The van der Waals surface area contributed by atoms with Crippen molar-refractivity contribution in [3.8, 4) is 0 Å². The van der Waals surface area contributed by atoms with Gasteiger partial charge in [0.2, 0.25) is 10.0 Å². The van der Waals surface area contributed by atoms with E-state index in [1.807, 2.05) is 0 Å². The van der Waals surface area contributed by atoms with Crippen molar-refractivity contribution in [2.75, 3.05) is 5.32 Å². The summed E-state index contributed by atoms with van der Waals surface area (Å²) < 4.78 is 34.9. The number of benzene rings is 2. The average Bonchev–Trinajstić information content (AvgIpc) is 2.38. The Morgan fingerprint density at radius 3 is 2.38 bits per heavy atom. The molecule has 0 bridgehead atoms. The molecule has 0 aromatic heterocycles. The molecule has 0 radical (unpaired) electrons. The SMILES string of the molecule is NS(=O)(=O)Cc1ccc(NCc2ccc(F)cc2Cl)cc1. The summed E-state index contributed by atoms with van der Waals surface area (Å²) in [7, 11) is -3.53. The van der Waals surface area contributed by atoms with Gasteiger partial charge in [0.1, 0.15) is 5.82 Å². The molecule has 21 heavy (non-hydrogen) atoms. The van der Waals surface area contributed by atoms with Crippen molar-refractivity contribution < 1.29 is 12.8 Å². The van der Waals surface area contributed by atoms with Gasteiger partial charge in [0.05, 0.1) is 5.75 Å². The minimum Gasteiger partial charge on any atom is -0.381 e. The summed E-state index contributed by atoms with van der Waals surface area (Å²) in [6.45, 7) is 0.438. The summed E-state index contributed by atoms with van der Waals surface area (Å²) in [4.78, 5) is 0. The lowest BCUT2D eigenvalue weighted by atomic mass is 10.2. The first-order valence-corrected chi connectivity index (χ1v) is 8.20. The molecule has 0 atom stereocenters. The van der Waals surface area contributed by atoms with Crippen LogP contribution in [0, 0.1) is 5.82 Å². The van der Waals surface area contributed by atoms with Gasteiger partial charge < -0.3 is 5.32 Å². The van der Waals surface area contributed by atoms with Crippen LogP contribution in [0.5, 0.6) is 0 Å². The van der Waals surface area contributed by atoms with Crippen LogP contribution in [-0.2, 0) is 22.3 Å². The van der Waals surface area contributed by atoms with E-state index in [1.165, 1.54) is 12.1 Å². The maximum atomic E-state index is 12.9. The molecular weight excluding hydrogens is 315 g/mol. The van der Waals surface area contributed by atoms with E-state index in [9.17, 15) is 12.8 Å². The molecule has 112 valence electrons. The van der Waals surface area contributed by atoms with Gasteiger partial charge in [0, 0.05) is 17.3 Å². The van der Waals surface area contributed by atoms with Gasteiger partial charge in [-0.2, -0.15) is 0 Å². The van der Waals surface area contributed by atoms with Gasteiger partial charge in [-0.25, -0.2) is 17.9 Å². The molecule has 3 N–H and O–H groups in total. The van der Waals surface area contributed by atoms with Gasteiger partial charge in [0.15, 0.2) is 0 Å². The quantitative estimate of drug-likeness (QED) is 0.886. The summed E-state index contributed by atoms with van der Waals surface area (Å²) in [6, 6.07) is 11.1. The molecule has 0 amide bonds. The number of anilines is 1. The van der Waals surface area contributed by atoms with E-state index in [2.05, 4.69) is 5.32 Å². The maximum Gasteiger partial charge on any atom is 0.213 e. The van der Waals surface area contributed by atoms with Crippen LogP contribution in [0.4, 0.5) is 10.1 Å². The molecule has 2 aromatic rings. The molecule has 4 nitrogen and oxygen atoms in total. The molecule has 0 aliphatic rings. The molecule has 0 unspecified atom stereocenters. The molecule has 7 heteroatoms. The van der Waals surface area contributed by atoms with E-state index in [1.54, 1.807) is 30.3 Å². The fraction of sp³-hybridized carbons (Fsp3) is 0.143. The number of rotatable bonds is 5. The Kier molecular flexibility index (Phi) is 4.82. The van der Waals surface area contributed by atoms with Crippen LogP contribution in [-0.4, -0.2) is 8.42 Å². The second kappa shape index (κ2) is 6.43. The van der Waals surface area contributed by atoms with E-state index >= 15 is 0 Å². The highest BCUT2D eigenvalue weighted by atomic mass is 35.5. The van der Waals surface area contributed by atoms with Gasteiger partial charge in [-0.15, -0.1) is 0 Å². The van der Waals surface area contributed by atoms with Gasteiger partial charge in [-0.3, -0.25) is 0 Å². The van der Waals surface area contributed by atoms with Crippen molar-refractivity contribution in [3.63, 3.8) is 0 Å². The topological polar surface area (TPSA) is 72.2 Å². The van der Waals surface area contributed by atoms with Crippen LogP contribution in [0.25, 0.3) is 0 Å². The minimum absolute atomic E-state index is 0.197. The fourth-order valence-electron chi connectivity index (χ4n) is 1.81. The number of halogens is 2. The van der Waals surface area contributed by atoms with Gasteiger partial charge in [0.25, 0.3) is 0 Å². The summed E-state index contributed by atoms with van der Waals surface area (Å²) in [5, 5.41) is 8.46. The van der Waals surface area contributed by atoms with Crippen molar-refractivity contribution in [2.45, 2.75) is 12.3 Å². The molecule has 2 rings (SSSR count). The minimum atomic E-state index is -3.53. The van der Waals surface area contributed by atoms with E-state index in [0.717, 1.165) is 11.3 Å². The monoisotopic (exact) mass is 328 g/mol. The number of sulfonamides is 1. The number of primary sulfonamides is 1. The van der Waals surface area contributed by atoms with Crippen molar-refractivity contribution in [3.05, 3.63) is 64.4 Å². The predicted octanol–water partition coefficient (Wildman–Crippen LogP) is 2.88. The molecule has 0 aliphatic heterocycles. The molecule has 0 fully saturated rings. The fourth-order valence-corrected chi connectivity index (χ4v) is 2.70. The van der Waals surface area contributed by atoms with Crippen molar-refractivity contribution in [1.29, 1.82) is 0 Å². The number of nitrogens with one attached hydrogen (secondary N) is 1. The zero-order valence-electron chi connectivity index (χ0n) is 11.0. The highest BCUT2D eigenvalue weighted by Crippen LogP contribution is 2.19. The molecule has 0 spiro atoms. The first kappa shape index (κ1) is 15.8. The summed E-state index contributed by atoms with van der Waals surface area (Å²) in [6.07, 6.45) is 0. The van der Waals surface area contributed by atoms with E-state index in [0.29, 0.717) is 17.1 Å². The van der Waals surface area contributed by atoms with Crippen LogP contribution in [0.2, 0.25) is 5.02 Å². The van der Waals surface area contributed by atoms with Gasteiger partial charge in [-0.1, -0.05) is 29.8 Å². The first-order chi connectivity index (χ1) is 9.83. The Bertz CT molecular complexity index is 733. The zero-order chi connectivity index (χ0) is 15.5. The number of hydrogen-bond acceptors (Lipinski definition) is 3. The Balaban J connectivity index is 2.00. The van der Waals surface area contributed by atoms with Gasteiger partial charge >= 0.3 is 0 Å². The molecule has 2 aromatic carbocycles. The van der Waals surface area contributed by atoms with Crippen LogP contribution in [0.1, 0.15) is 11.1 Å². The normalized spacial score (nSPS) is 11.4. The predicted molar refractivity (Wildman–Crippen MR) is 82.0 cm³/mol. The molecular formula is C14H14ClFN2O2S. The number of nitrogens with two attached hydrogens (primary N) is 1. The standard InChI is InChI=1S/C14H14ClFN2O2S/c15-14-7-12(16)4-3-11(14)8-18-13-5-1-10(2-6-13)9-21(17,19)20/h1-7,18H,8-9H2,(H2,17,19,20). The summed E-state index contributed by atoms with van der Waals surface area (Å²) in [5.74, 6) is -0.576. The zero-order valence-corrected chi connectivity index (χ0v) is 12.6. The lowest BCUT2D eigenvalue weighted by Crippen LogP contribution is -2.14. The Hall–Kier alpha value is -1.63. The van der Waals surface area contributed by atoms with E-state index < -0.39 is 10.0 Å². The van der Waals surface area contributed by atoms with E-state index in [-0.39, 0.29) is 11.6 Å². The highest BCUT2D eigenvalue weighted by molar-refractivity contribution is 7.88. The van der Waals surface area contributed by atoms with Crippen molar-refractivity contribution >= 4 is 27.3 Å². The Morgan fingerprint density at radius 1 is 1.14 bits per heavy atom. The van der Waals surface area contributed by atoms with Crippen molar-refractivity contribution in [1.82, 2.24) is 0 Å². The third kappa shape index (κ3) is 5.00. The Morgan fingerprint density at radius 2 is 1.81 bits per heavy atom. The van der Waals surface area contributed by atoms with Crippen LogP contribution in [0.3, 0.4) is 0 Å². The maximum absolute atomic E-state index is 12.9. The first-order valence-electron chi connectivity index (χ1n) is 6.11. The summed E-state index contributed by atoms with van der Waals surface area (Å²) >= 11 is 5.93. The second-order valence-electron chi connectivity index (χ2n) is 4.59. The van der Waals surface area contributed by atoms with Crippen molar-refractivity contribution in [2.24, 2.45) is 5.14 Å². The van der Waals surface area contributed by atoms with Crippen LogP contribution >= 0.6 is 11.6 Å². The molecule has 0 aliphatic carbocycles. The van der Waals surface area contributed by atoms with Crippen LogP contribution in [0.15, 0.2) is 42.5 Å². The second-order valence-corrected chi connectivity index (χ2v) is 6.62. The third-order valence-electron chi connectivity index (χ3n) is 2.82.